The van der Waals surface area contributed by atoms with Crippen LogP contribution in [0.15, 0.2) is 42.5 Å². The maximum absolute atomic E-state index is 12.9. The number of hydrogen-bond donors (Lipinski definition) is 1. The molecule has 0 aliphatic heterocycles. The second-order valence-electron chi connectivity index (χ2n) is 7.02. The minimum absolute atomic E-state index is 0.280. The summed E-state index contributed by atoms with van der Waals surface area (Å²) < 4.78 is 38.7. The van der Waals surface area contributed by atoms with Gasteiger partial charge >= 0.3 is 0 Å². The van der Waals surface area contributed by atoms with Crippen LogP contribution in [0.1, 0.15) is 30.0 Å². The van der Waals surface area contributed by atoms with Gasteiger partial charge in [-0.25, -0.2) is 12.8 Å². The topological polar surface area (TPSA) is 66.5 Å². The normalized spacial score (nSPS) is 12.5. The van der Waals surface area contributed by atoms with Crippen LogP contribution in [0.2, 0.25) is 0 Å². The van der Waals surface area contributed by atoms with Gasteiger partial charge in [0.15, 0.2) is 0 Å². The molecule has 0 aliphatic carbocycles. The molecule has 1 amide bonds. The summed E-state index contributed by atoms with van der Waals surface area (Å²) in [7, 11) is -3.63. The Bertz CT molecular complexity index is 927. The molecular weight excluding hydrogens is 379 g/mol. The van der Waals surface area contributed by atoms with Crippen LogP contribution < -0.4 is 9.62 Å². The van der Waals surface area contributed by atoms with Crippen molar-refractivity contribution in [1.82, 2.24) is 5.32 Å². The lowest BCUT2D eigenvalue weighted by Gasteiger charge is -2.28. The van der Waals surface area contributed by atoms with Gasteiger partial charge in [-0.2, -0.15) is 0 Å². The summed E-state index contributed by atoms with van der Waals surface area (Å²) in [4.78, 5) is 12.5. The highest BCUT2D eigenvalue weighted by atomic mass is 32.2. The van der Waals surface area contributed by atoms with E-state index in [4.69, 9.17) is 0 Å². The standard InChI is InChI=1S/C21H27FN2O3S/c1-15-7-12-20(14-16(15)2)24(28(4,26)27)17(3)21(25)23-13-5-6-18-8-10-19(22)11-9-18/h7-12,14,17H,5-6,13H2,1-4H3,(H,23,25). The Morgan fingerprint density at radius 3 is 2.32 bits per heavy atom. The van der Waals surface area contributed by atoms with Gasteiger partial charge < -0.3 is 5.32 Å². The van der Waals surface area contributed by atoms with Crippen LogP contribution in [0.3, 0.4) is 0 Å². The van der Waals surface area contributed by atoms with Crippen molar-refractivity contribution in [3.8, 4) is 0 Å². The number of carbonyl (C=O) groups is 1. The van der Waals surface area contributed by atoms with E-state index in [0.29, 0.717) is 25.1 Å². The van der Waals surface area contributed by atoms with Crippen molar-refractivity contribution in [2.75, 3.05) is 17.1 Å². The molecule has 1 unspecified atom stereocenters. The fourth-order valence-electron chi connectivity index (χ4n) is 2.97. The van der Waals surface area contributed by atoms with Gasteiger partial charge in [0.25, 0.3) is 0 Å². The van der Waals surface area contributed by atoms with Gasteiger partial charge in [-0.15, -0.1) is 0 Å². The first-order valence-corrected chi connectivity index (χ1v) is 11.0. The number of hydrogen-bond acceptors (Lipinski definition) is 3. The molecule has 0 bridgehead atoms. The molecule has 0 saturated carbocycles. The molecule has 2 aromatic rings. The third kappa shape index (κ3) is 5.79. The van der Waals surface area contributed by atoms with E-state index in [-0.39, 0.29) is 11.7 Å². The van der Waals surface area contributed by atoms with Crippen molar-refractivity contribution in [3.05, 3.63) is 65.0 Å². The summed E-state index contributed by atoms with van der Waals surface area (Å²) in [6, 6.07) is 10.7. The molecule has 7 heteroatoms. The molecule has 1 N–H and O–H groups in total. The third-order valence-electron chi connectivity index (χ3n) is 4.69. The molecule has 28 heavy (non-hydrogen) atoms. The number of aryl methyl sites for hydroxylation is 3. The molecule has 0 spiro atoms. The van der Waals surface area contributed by atoms with E-state index < -0.39 is 16.1 Å². The van der Waals surface area contributed by atoms with E-state index in [1.54, 1.807) is 31.2 Å². The van der Waals surface area contributed by atoms with Gasteiger partial charge in [0.2, 0.25) is 15.9 Å². The van der Waals surface area contributed by atoms with Gasteiger partial charge in [0, 0.05) is 6.54 Å². The Hall–Kier alpha value is -2.41. The Labute approximate surface area is 166 Å². The Kier molecular flexibility index (Phi) is 7.18. The van der Waals surface area contributed by atoms with Crippen LogP contribution in [0.5, 0.6) is 0 Å². The van der Waals surface area contributed by atoms with Crippen molar-refractivity contribution in [2.24, 2.45) is 0 Å². The summed E-state index contributed by atoms with van der Waals surface area (Å²) in [6.07, 6.45) is 2.47. The number of amides is 1. The van der Waals surface area contributed by atoms with Crippen molar-refractivity contribution >= 4 is 21.6 Å². The Morgan fingerprint density at radius 2 is 1.75 bits per heavy atom. The molecule has 0 saturated heterocycles. The number of sulfonamides is 1. The summed E-state index contributed by atoms with van der Waals surface area (Å²) in [6.45, 7) is 5.83. The zero-order valence-corrected chi connectivity index (χ0v) is 17.5. The molecule has 0 radical (unpaired) electrons. The lowest BCUT2D eigenvalue weighted by atomic mass is 10.1. The highest BCUT2D eigenvalue weighted by molar-refractivity contribution is 7.92. The predicted molar refractivity (Wildman–Crippen MR) is 110 cm³/mol. The number of rotatable bonds is 8. The van der Waals surface area contributed by atoms with Crippen LogP contribution in [-0.2, 0) is 21.2 Å². The van der Waals surface area contributed by atoms with Gasteiger partial charge in [0.1, 0.15) is 11.9 Å². The number of nitrogens with one attached hydrogen (secondary N) is 1. The molecule has 0 aliphatic rings. The van der Waals surface area contributed by atoms with Crippen molar-refractivity contribution in [1.29, 1.82) is 0 Å². The summed E-state index contributed by atoms with van der Waals surface area (Å²) >= 11 is 0. The Balaban J connectivity index is 2.01. The zero-order chi connectivity index (χ0) is 20.9. The minimum Gasteiger partial charge on any atom is -0.354 e. The molecular formula is C21H27FN2O3S. The third-order valence-corrected chi connectivity index (χ3v) is 5.93. The van der Waals surface area contributed by atoms with E-state index in [2.05, 4.69) is 5.32 Å². The number of halogens is 1. The van der Waals surface area contributed by atoms with Gasteiger partial charge in [-0.05, 0) is 74.6 Å². The number of nitrogens with zero attached hydrogens (tertiary/aromatic N) is 1. The molecule has 0 aromatic heterocycles. The van der Waals surface area contributed by atoms with Gasteiger partial charge in [-0.1, -0.05) is 18.2 Å². The molecule has 0 fully saturated rings. The maximum Gasteiger partial charge on any atom is 0.243 e. The smallest absolute Gasteiger partial charge is 0.243 e. The molecule has 0 heterocycles. The lowest BCUT2D eigenvalue weighted by Crippen LogP contribution is -2.48. The quantitative estimate of drug-likeness (QED) is 0.684. The van der Waals surface area contributed by atoms with Crippen LogP contribution >= 0.6 is 0 Å². The summed E-state index contributed by atoms with van der Waals surface area (Å²) in [5.74, 6) is -0.638. The number of carbonyl (C=O) groups excluding carboxylic acids is 1. The molecule has 2 aromatic carbocycles. The average molecular weight is 407 g/mol. The molecule has 2 rings (SSSR count). The highest BCUT2D eigenvalue weighted by Gasteiger charge is 2.29. The first-order valence-electron chi connectivity index (χ1n) is 9.18. The minimum atomic E-state index is -3.63. The average Bonchev–Trinajstić information content (AvgIpc) is 2.62. The van der Waals surface area contributed by atoms with Crippen LogP contribution in [-0.4, -0.2) is 33.2 Å². The van der Waals surface area contributed by atoms with E-state index in [1.807, 2.05) is 19.9 Å². The van der Waals surface area contributed by atoms with Crippen molar-refractivity contribution in [2.45, 2.75) is 39.7 Å². The summed E-state index contributed by atoms with van der Waals surface area (Å²) in [5, 5.41) is 2.79. The number of benzene rings is 2. The second kappa shape index (κ2) is 9.19. The van der Waals surface area contributed by atoms with E-state index in [1.165, 1.54) is 12.1 Å². The predicted octanol–water partition coefficient (Wildman–Crippen LogP) is 3.35. The Morgan fingerprint density at radius 1 is 1.11 bits per heavy atom. The van der Waals surface area contributed by atoms with E-state index >= 15 is 0 Å². The molecule has 152 valence electrons. The SMILES string of the molecule is Cc1ccc(N(C(C)C(=O)NCCCc2ccc(F)cc2)S(C)(=O)=O)cc1C. The van der Waals surface area contributed by atoms with Crippen LogP contribution in [0, 0.1) is 19.7 Å². The van der Waals surface area contributed by atoms with Crippen molar-refractivity contribution in [3.63, 3.8) is 0 Å². The van der Waals surface area contributed by atoms with Crippen LogP contribution in [0.25, 0.3) is 0 Å². The number of anilines is 1. The first kappa shape index (κ1) is 21.9. The fourth-order valence-corrected chi connectivity index (χ4v) is 4.14. The molecule has 5 nitrogen and oxygen atoms in total. The zero-order valence-electron chi connectivity index (χ0n) is 16.7. The van der Waals surface area contributed by atoms with E-state index in [0.717, 1.165) is 27.3 Å². The van der Waals surface area contributed by atoms with Crippen molar-refractivity contribution < 1.29 is 17.6 Å². The fraction of sp³-hybridized carbons (Fsp3) is 0.381. The molecule has 1 atom stereocenters. The van der Waals surface area contributed by atoms with E-state index in [9.17, 15) is 17.6 Å². The monoisotopic (exact) mass is 406 g/mol. The maximum atomic E-state index is 12.9. The van der Waals surface area contributed by atoms with Crippen LogP contribution in [0.4, 0.5) is 10.1 Å². The highest BCUT2D eigenvalue weighted by Crippen LogP contribution is 2.23. The first-order chi connectivity index (χ1) is 13.1. The summed E-state index contributed by atoms with van der Waals surface area (Å²) in [5.41, 5.74) is 3.46. The largest absolute Gasteiger partial charge is 0.354 e. The van der Waals surface area contributed by atoms with Gasteiger partial charge in [0.05, 0.1) is 11.9 Å². The lowest BCUT2D eigenvalue weighted by molar-refractivity contribution is -0.121. The van der Waals surface area contributed by atoms with Gasteiger partial charge in [-0.3, -0.25) is 9.10 Å². The second-order valence-corrected chi connectivity index (χ2v) is 8.88.